The van der Waals surface area contributed by atoms with Gasteiger partial charge < -0.3 is 20.4 Å². The van der Waals surface area contributed by atoms with Crippen LogP contribution < -0.4 is 15.5 Å². The quantitative estimate of drug-likeness (QED) is 0.255. The van der Waals surface area contributed by atoms with Gasteiger partial charge in [-0.3, -0.25) is 4.79 Å². The van der Waals surface area contributed by atoms with Gasteiger partial charge >= 0.3 is 0 Å². The minimum atomic E-state index is 0. The number of carbonyl (C=O) groups excluding carboxylic acids is 1. The Morgan fingerprint density at radius 3 is 2.83 bits per heavy atom. The standard InChI is InChI=1S/C22H35N5O.HI/c1-3-23-22(24-13-8-15-26-14-7-6-9-18(26)2)25-17-21(28)27-16-12-19-10-4-5-11-20(19)27;/h4-5,10-11,18H,3,6-9,12-17H2,1-2H3,(H2,23,24,25);1H. The Morgan fingerprint density at radius 1 is 1.21 bits per heavy atom. The van der Waals surface area contributed by atoms with Crippen molar-refractivity contribution in [2.45, 2.75) is 52.0 Å². The third kappa shape index (κ3) is 6.84. The number of hydrogen-bond donors (Lipinski definition) is 2. The molecule has 1 aromatic carbocycles. The summed E-state index contributed by atoms with van der Waals surface area (Å²) >= 11 is 0. The summed E-state index contributed by atoms with van der Waals surface area (Å²) in [6, 6.07) is 8.85. The second-order valence-electron chi connectivity index (χ2n) is 7.78. The van der Waals surface area contributed by atoms with Crippen LogP contribution in [0, 0.1) is 0 Å². The first kappa shape index (κ1) is 23.9. The van der Waals surface area contributed by atoms with Crippen molar-refractivity contribution in [1.82, 2.24) is 15.5 Å². The molecule has 1 atom stereocenters. The Balaban J connectivity index is 0.00000300. The van der Waals surface area contributed by atoms with Gasteiger partial charge in [0.2, 0.25) is 5.91 Å². The van der Waals surface area contributed by atoms with Crippen molar-refractivity contribution in [3.8, 4) is 0 Å². The van der Waals surface area contributed by atoms with Gasteiger partial charge in [-0.05, 0) is 57.7 Å². The average molecular weight is 513 g/mol. The first-order chi connectivity index (χ1) is 13.7. The number of carbonyl (C=O) groups is 1. The van der Waals surface area contributed by atoms with Crippen LogP contribution in [-0.4, -0.2) is 62.1 Å². The molecule has 1 amide bonds. The van der Waals surface area contributed by atoms with E-state index in [4.69, 9.17) is 0 Å². The fraction of sp³-hybridized carbons (Fsp3) is 0.636. The second kappa shape index (κ2) is 12.4. The topological polar surface area (TPSA) is 60.0 Å². The molecule has 7 heteroatoms. The van der Waals surface area contributed by atoms with Crippen LogP contribution >= 0.6 is 24.0 Å². The molecule has 1 fully saturated rings. The van der Waals surface area contributed by atoms with Crippen LogP contribution in [0.3, 0.4) is 0 Å². The molecule has 3 rings (SSSR count). The van der Waals surface area contributed by atoms with Crippen molar-refractivity contribution in [3.63, 3.8) is 0 Å². The predicted octanol–water partition coefficient (Wildman–Crippen LogP) is 3.01. The van der Waals surface area contributed by atoms with Gasteiger partial charge in [-0.1, -0.05) is 24.6 Å². The Hall–Kier alpha value is -1.35. The minimum absolute atomic E-state index is 0. The summed E-state index contributed by atoms with van der Waals surface area (Å²) in [7, 11) is 0. The molecule has 2 N–H and O–H groups in total. The van der Waals surface area contributed by atoms with Gasteiger partial charge in [0.15, 0.2) is 5.96 Å². The number of piperidine rings is 1. The lowest BCUT2D eigenvalue weighted by molar-refractivity contribution is -0.117. The lowest BCUT2D eigenvalue weighted by Crippen LogP contribution is -2.42. The molecular weight excluding hydrogens is 477 g/mol. The number of anilines is 1. The predicted molar refractivity (Wildman–Crippen MR) is 131 cm³/mol. The molecule has 1 aromatic rings. The fourth-order valence-corrected chi connectivity index (χ4v) is 4.15. The molecule has 2 aliphatic heterocycles. The number of hydrogen-bond acceptors (Lipinski definition) is 3. The maximum absolute atomic E-state index is 12.6. The van der Waals surface area contributed by atoms with Gasteiger partial charge in [0.05, 0.1) is 0 Å². The van der Waals surface area contributed by atoms with Gasteiger partial charge in [-0.2, -0.15) is 0 Å². The van der Waals surface area contributed by atoms with E-state index in [1.807, 2.05) is 30.0 Å². The first-order valence-electron chi connectivity index (χ1n) is 10.8. The molecule has 162 valence electrons. The smallest absolute Gasteiger partial charge is 0.248 e. The normalized spacial score (nSPS) is 19.4. The summed E-state index contributed by atoms with van der Waals surface area (Å²) < 4.78 is 0. The Kier molecular flexibility index (Phi) is 10.2. The van der Waals surface area contributed by atoms with Crippen LogP contribution in [0.25, 0.3) is 0 Å². The molecule has 0 aromatic heterocycles. The van der Waals surface area contributed by atoms with Crippen molar-refractivity contribution in [3.05, 3.63) is 29.8 Å². The molecule has 2 heterocycles. The SMILES string of the molecule is CCNC(=NCC(=O)N1CCc2ccccc21)NCCCN1CCCCC1C.I. The summed E-state index contributed by atoms with van der Waals surface area (Å²) in [5, 5.41) is 6.63. The molecule has 2 aliphatic rings. The van der Waals surface area contributed by atoms with Crippen LogP contribution in [0.5, 0.6) is 0 Å². The van der Waals surface area contributed by atoms with Crippen LogP contribution in [0.2, 0.25) is 0 Å². The van der Waals surface area contributed by atoms with Crippen molar-refractivity contribution < 1.29 is 4.79 Å². The van der Waals surface area contributed by atoms with E-state index < -0.39 is 0 Å². The first-order valence-corrected chi connectivity index (χ1v) is 10.8. The van der Waals surface area contributed by atoms with Crippen LogP contribution in [0.4, 0.5) is 5.69 Å². The molecule has 6 nitrogen and oxygen atoms in total. The van der Waals surface area contributed by atoms with E-state index in [1.165, 1.54) is 31.4 Å². The summed E-state index contributed by atoms with van der Waals surface area (Å²) in [6.45, 7) is 9.31. The van der Waals surface area contributed by atoms with Crippen molar-refractivity contribution in [2.24, 2.45) is 4.99 Å². The van der Waals surface area contributed by atoms with E-state index in [-0.39, 0.29) is 36.4 Å². The van der Waals surface area contributed by atoms with Crippen LogP contribution in [0.15, 0.2) is 29.3 Å². The van der Waals surface area contributed by atoms with Crippen molar-refractivity contribution in [1.29, 1.82) is 0 Å². The van der Waals surface area contributed by atoms with Gasteiger partial charge in [-0.25, -0.2) is 4.99 Å². The Labute approximate surface area is 192 Å². The number of guanidine groups is 1. The highest BCUT2D eigenvalue weighted by Crippen LogP contribution is 2.27. The molecule has 1 saturated heterocycles. The maximum Gasteiger partial charge on any atom is 0.248 e. The van der Waals surface area contributed by atoms with Crippen molar-refractivity contribution in [2.75, 3.05) is 44.2 Å². The number of para-hydroxylation sites is 1. The summed E-state index contributed by atoms with van der Waals surface area (Å²) in [5.41, 5.74) is 2.29. The molecular formula is C22H36IN5O. The van der Waals surface area contributed by atoms with E-state index in [9.17, 15) is 4.79 Å². The van der Waals surface area contributed by atoms with E-state index >= 15 is 0 Å². The monoisotopic (exact) mass is 513 g/mol. The van der Waals surface area contributed by atoms with Gasteiger partial charge in [0.25, 0.3) is 0 Å². The van der Waals surface area contributed by atoms with E-state index in [1.54, 1.807) is 0 Å². The molecule has 1 unspecified atom stereocenters. The number of fused-ring (bicyclic) bond motifs is 1. The Morgan fingerprint density at radius 2 is 2.03 bits per heavy atom. The molecule has 0 radical (unpaired) electrons. The zero-order chi connectivity index (χ0) is 19.8. The fourth-order valence-electron chi connectivity index (χ4n) is 4.15. The highest BCUT2D eigenvalue weighted by atomic mass is 127. The van der Waals surface area contributed by atoms with Gasteiger partial charge in [-0.15, -0.1) is 24.0 Å². The van der Waals surface area contributed by atoms with E-state index in [0.717, 1.165) is 50.7 Å². The third-order valence-electron chi connectivity index (χ3n) is 5.76. The highest BCUT2D eigenvalue weighted by Gasteiger charge is 2.23. The summed E-state index contributed by atoms with van der Waals surface area (Å²) in [6.07, 6.45) is 6.02. The number of likely N-dealkylation sites (tertiary alicyclic amines) is 1. The number of nitrogens with zero attached hydrogens (tertiary/aromatic N) is 3. The molecule has 0 saturated carbocycles. The number of amides is 1. The zero-order valence-electron chi connectivity index (χ0n) is 17.8. The molecule has 0 aliphatic carbocycles. The summed E-state index contributed by atoms with van der Waals surface area (Å²) in [5.74, 6) is 0.791. The Bertz CT molecular complexity index is 681. The number of nitrogens with one attached hydrogen (secondary N) is 2. The highest BCUT2D eigenvalue weighted by molar-refractivity contribution is 14.0. The minimum Gasteiger partial charge on any atom is -0.357 e. The lowest BCUT2D eigenvalue weighted by Gasteiger charge is -2.33. The third-order valence-corrected chi connectivity index (χ3v) is 5.76. The largest absolute Gasteiger partial charge is 0.357 e. The van der Waals surface area contributed by atoms with E-state index in [0.29, 0.717) is 6.04 Å². The molecule has 0 bridgehead atoms. The molecule has 0 spiro atoms. The van der Waals surface area contributed by atoms with Gasteiger partial charge in [0, 0.05) is 37.9 Å². The number of aliphatic imine (C=N–C) groups is 1. The van der Waals surface area contributed by atoms with E-state index in [2.05, 4.69) is 33.5 Å². The lowest BCUT2D eigenvalue weighted by atomic mass is 10.0. The van der Waals surface area contributed by atoms with Gasteiger partial charge in [0.1, 0.15) is 6.54 Å². The van der Waals surface area contributed by atoms with Crippen LogP contribution in [0.1, 0.15) is 45.1 Å². The zero-order valence-corrected chi connectivity index (χ0v) is 20.2. The number of benzene rings is 1. The maximum atomic E-state index is 12.6. The number of rotatable bonds is 7. The number of halogens is 1. The average Bonchev–Trinajstić information content (AvgIpc) is 3.14. The molecule has 29 heavy (non-hydrogen) atoms. The van der Waals surface area contributed by atoms with Crippen molar-refractivity contribution >= 4 is 41.5 Å². The van der Waals surface area contributed by atoms with Crippen LogP contribution in [-0.2, 0) is 11.2 Å². The second-order valence-corrected chi connectivity index (χ2v) is 7.78. The summed E-state index contributed by atoms with van der Waals surface area (Å²) in [4.78, 5) is 21.6.